The van der Waals surface area contributed by atoms with Crippen LogP contribution in [0.3, 0.4) is 0 Å². The Hall–Kier alpha value is -1.21. The predicted octanol–water partition coefficient (Wildman–Crippen LogP) is 4.04. The van der Waals surface area contributed by atoms with Crippen LogP contribution < -0.4 is 0 Å². The first-order valence-electron chi connectivity index (χ1n) is 8.60. The third-order valence-electron chi connectivity index (χ3n) is 4.55. The summed E-state index contributed by atoms with van der Waals surface area (Å²) in [6.45, 7) is 7.27. The van der Waals surface area contributed by atoms with Crippen LogP contribution in [0.1, 0.15) is 34.4 Å². The van der Waals surface area contributed by atoms with E-state index in [9.17, 15) is 8.42 Å². The van der Waals surface area contributed by atoms with Crippen molar-refractivity contribution in [1.29, 1.82) is 0 Å². The van der Waals surface area contributed by atoms with Gasteiger partial charge < -0.3 is 4.74 Å². The first-order valence-corrected chi connectivity index (χ1v) is 10.9. The van der Waals surface area contributed by atoms with Gasteiger partial charge in [-0.05, 0) is 56.2 Å². The maximum atomic E-state index is 13.5. The zero-order chi connectivity index (χ0) is 18.0. The van der Waals surface area contributed by atoms with E-state index in [1.807, 2.05) is 50.4 Å². The van der Waals surface area contributed by atoms with Crippen molar-refractivity contribution in [2.45, 2.75) is 51.2 Å². The van der Waals surface area contributed by atoms with Crippen LogP contribution in [0.2, 0.25) is 0 Å². The third kappa shape index (κ3) is 4.14. The number of hydrogen-bond acceptors (Lipinski definition) is 4. The van der Waals surface area contributed by atoms with Crippen molar-refractivity contribution in [3.8, 4) is 0 Å². The quantitative estimate of drug-likeness (QED) is 0.761. The topological polar surface area (TPSA) is 46.6 Å². The van der Waals surface area contributed by atoms with E-state index in [2.05, 4.69) is 0 Å². The normalized spacial score (nSPS) is 18.2. The molecule has 2 heterocycles. The maximum Gasteiger partial charge on any atom is 0.244 e. The van der Waals surface area contributed by atoms with E-state index in [-0.39, 0.29) is 6.10 Å². The summed E-state index contributed by atoms with van der Waals surface area (Å²) in [5.74, 6) is 0. The van der Waals surface area contributed by atoms with E-state index in [4.69, 9.17) is 4.74 Å². The lowest BCUT2D eigenvalue weighted by Gasteiger charge is -2.26. The summed E-state index contributed by atoms with van der Waals surface area (Å²) < 4.78 is 34.3. The molecule has 0 saturated carbocycles. The summed E-state index contributed by atoms with van der Waals surface area (Å²) >= 11 is 1.58. The number of nitrogens with zero attached hydrogens (tertiary/aromatic N) is 1. The molecule has 1 aromatic heterocycles. The fourth-order valence-electron chi connectivity index (χ4n) is 3.54. The van der Waals surface area contributed by atoms with Gasteiger partial charge >= 0.3 is 0 Å². The van der Waals surface area contributed by atoms with Crippen molar-refractivity contribution in [3.63, 3.8) is 0 Å². The Morgan fingerprint density at radius 1 is 1.24 bits per heavy atom. The number of aryl methyl sites for hydroxylation is 3. The number of benzene rings is 1. The van der Waals surface area contributed by atoms with Gasteiger partial charge in [-0.25, -0.2) is 8.42 Å². The van der Waals surface area contributed by atoms with Crippen LogP contribution in [0.25, 0.3) is 0 Å². The fraction of sp³-hybridized carbons (Fsp3) is 0.474. The van der Waals surface area contributed by atoms with Crippen molar-refractivity contribution in [1.82, 2.24) is 4.31 Å². The average Bonchev–Trinajstić information content (AvgIpc) is 3.18. The summed E-state index contributed by atoms with van der Waals surface area (Å²) in [6, 6.07) is 7.82. The predicted molar refractivity (Wildman–Crippen MR) is 102 cm³/mol. The van der Waals surface area contributed by atoms with Crippen molar-refractivity contribution in [2.24, 2.45) is 0 Å². The van der Waals surface area contributed by atoms with Crippen molar-refractivity contribution in [2.75, 3.05) is 13.2 Å². The van der Waals surface area contributed by atoms with Gasteiger partial charge in [0.1, 0.15) is 0 Å². The smallest absolute Gasteiger partial charge is 0.244 e. The molecule has 0 aliphatic carbocycles. The van der Waals surface area contributed by atoms with Crippen molar-refractivity contribution < 1.29 is 13.2 Å². The van der Waals surface area contributed by atoms with Crippen LogP contribution in [0.5, 0.6) is 0 Å². The van der Waals surface area contributed by atoms with Gasteiger partial charge in [-0.2, -0.15) is 4.31 Å². The van der Waals surface area contributed by atoms with E-state index in [1.54, 1.807) is 15.6 Å². The molecule has 25 heavy (non-hydrogen) atoms. The minimum absolute atomic E-state index is 0.0132. The van der Waals surface area contributed by atoms with E-state index < -0.39 is 10.0 Å². The molecule has 136 valence electrons. The van der Waals surface area contributed by atoms with Crippen LogP contribution in [0, 0.1) is 20.8 Å². The van der Waals surface area contributed by atoms with Gasteiger partial charge in [0.05, 0.1) is 11.0 Å². The summed E-state index contributed by atoms with van der Waals surface area (Å²) in [7, 11) is -3.58. The van der Waals surface area contributed by atoms with Crippen LogP contribution in [0.4, 0.5) is 0 Å². The first kappa shape index (κ1) is 18.6. The van der Waals surface area contributed by atoms with Crippen molar-refractivity contribution in [3.05, 3.63) is 51.2 Å². The van der Waals surface area contributed by atoms with Gasteiger partial charge in [0.2, 0.25) is 10.0 Å². The molecule has 3 rings (SSSR count). The average molecular weight is 380 g/mol. The molecule has 1 atom stereocenters. The summed E-state index contributed by atoms with van der Waals surface area (Å²) in [6.07, 6.45) is 1.91. The van der Waals surface area contributed by atoms with Gasteiger partial charge in [-0.3, -0.25) is 0 Å². The SMILES string of the molecule is Cc1cc(C)c(S(=O)(=O)N(Cc2cccs2)CC2CCCO2)c(C)c1. The molecule has 1 unspecified atom stereocenters. The van der Waals surface area contributed by atoms with Gasteiger partial charge in [0.25, 0.3) is 0 Å². The lowest BCUT2D eigenvalue weighted by Crippen LogP contribution is -2.37. The largest absolute Gasteiger partial charge is 0.377 e. The second-order valence-corrected chi connectivity index (χ2v) is 9.65. The van der Waals surface area contributed by atoms with Gasteiger partial charge in [0.15, 0.2) is 0 Å². The highest BCUT2D eigenvalue weighted by atomic mass is 32.2. The van der Waals surface area contributed by atoms with E-state index in [0.717, 1.165) is 41.0 Å². The lowest BCUT2D eigenvalue weighted by atomic mass is 10.1. The monoisotopic (exact) mass is 379 g/mol. The Morgan fingerprint density at radius 3 is 2.52 bits per heavy atom. The molecule has 1 aliphatic heterocycles. The summed E-state index contributed by atoms with van der Waals surface area (Å²) in [4.78, 5) is 1.48. The van der Waals surface area contributed by atoms with E-state index in [0.29, 0.717) is 18.0 Å². The second-order valence-electron chi connectivity index (χ2n) is 6.74. The summed E-state index contributed by atoms with van der Waals surface area (Å²) in [5, 5.41) is 1.98. The molecule has 4 nitrogen and oxygen atoms in total. The fourth-order valence-corrected chi connectivity index (χ4v) is 6.20. The molecule has 0 N–H and O–H groups in total. The molecule has 1 saturated heterocycles. The zero-order valence-electron chi connectivity index (χ0n) is 15.0. The van der Waals surface area contributed by atoms with Crippen molar-refractivity contribution >= 4 is 21.4 Å². The molecule has 1 aliphatic rings. The number of hydrogen-bond donors (Lipinski definition) is 0. The number of sulfonamides is 1. The van der Waals surface area contributed by atoms with Gasteiger partial charge in [0, 0.05) is 24.6 Å². The molecule has 0 bridgehead atoms. The Balaban J connectivity index is 1.98. The minimum Gasteiger partial charge on any atom is -0.377 e. The third-order valence-corrected chi connectivity index (χ3v) is 7.53. The molecular weight excluding hydrogens is 354 g/mol. The second kappa shape index (κ2) is 7.58. The maximum absolute atomic E-state index is 13.5. The summed E-state index contributed by atoms with van der Waals surface area (Å²) in [5.41, 5.74) is 2.69. The highest BCUT2D eigenvalue weighted by molar-refractivity contribution is 7.89. The highest BCUT2D eigenvalue weighted by Gasteiger charge is 2.31. The minimum atomic E-state index is -3.58. The van der Waals surface area contributed by atoms with Crippen LogP contribution in [0.15, 0.2) is 34.5 Å². The van der Waals surface area contributed by atoms with E-state index >= 15 is 0 Å². The Kier molecular flexibility index (Phi) is 5.63. The first-order chi connectivity index (χ1) is 11.9. The highest BCUT2D eigenvalue weighted by Crippen LogP contribution is 2.28. The zero-order valence-corrected chi connectivity index (χ0v) is 16.6. The van der Waals surface area contributed by atoms with Crippen LogP contribution in [-0.2, 0) is 21.3 Å². The van der Waals surface area contributed by atoms with E-state index in [1.165, 1.54) is 0 Å². The molecule has 2 aromatic rings. The number of rotatable bonds is 6. The van der Waals surface area contributed by atoms with Gasteiger partial charge in [-0.1, -0.05) is 23.8 Å². The Bertz CT molecular complexity index is 799. The molecule has 0 spiro atoms. The Morgan fingerprint density at radius 2 is 1.96 bits per heavy atom. The Labute approximate surface area is 154 Å². The van der Waals surface area contributed by atoms with Gasteiger partial charge in [-0.15, -0.1) is 11.3 Å². The number of ether oxygens (including phenoxy) is 1. The van der Waals surface area contributed by atoms with Crippen LogP contribution in [-0.4, -0.2) is 32.0 Å². The molecule has 6 heteroatoms. The molecular formula is C19H25NO3S2. The molecule has 1 fully saturated rings. The molecule has 0 radical (unpaired) electrons. The standard InChI is InChI=1S/C19H25NO3S2/c1-14-10-15(2)19(16(3)11-14)25(21,22)20(12-17-6-4-8-23-17)13-18-7-5-9-24-18/h5,7,9-11,17H,4,6,8,12-13H2,1-3H3. The lowest BCUT2D eigenvalue weighted by molar-refractivity contribution is 0.0927. The molecule has 1 aromatic carbocycles. The molecule has 0 amide bonds. The van der Waals surface area contributed by atoms with Crippen LogP contribution >= 0.6 is 11.3 Å². The number of thiophene rings is 1.